The van der Waals surface area contributed by atoms with Gasteiger partial charge in [-0.2, -0.15) is 17.5 Å². The average Bonchev–Trinajstić information content (AvgIpc) is 3.22. The van der Waals surface area contributed by atoms with Crippen molar-refractivity contribution in [2.75, 3.05) is 24.5 Å². The van der Waals surface area contributed by atoms with Crippen molar-refractivity contribution in [2.24, 2.45) is 0 Å². The van der Waals surface area contributed by atoms with Crippen LogP contribution < -0.4 is 4.90 Å². The number of carboxylic acids is 1. The van der Waals surface area contributed by atoms with Crippen molar-refractivity contribution in [3.05, 3.63) is 47.3 Å². The molecule has 0 radical (unpaired) electrons. The van der Waals surface area contributed by atoms with Gasteiger partial charge in [-0.05, 0) is 36.1 Å². The maximum absolute atomic E-state index is 13.1. The molecule has 0 spiro atoms. The molecule has 0 saturated carbocycles. The van der Waals surface area contributed by atoms with Gasteiger partial charge in [-0.3, -0.25) is 4.79 Å². The topological polar surface area (TPSA) is 98.2 Å². The zero-order valence-electron chi connectivity index (χ0n) is 16.8. The molecule has 1 saturated heterocycles. The number of hydrogen-bond acceptors (Lipinski definition) is 6. The minimum atomic E-state index is -4.86. The van der Waals surface area contributed by atoms with Crippen LogP contribution in [0.4, 0.5) is 18.9 Å². The molecule has 13 heteroatoms. The Morgan fingerprint density at radius 1 is 1.19 bits per heavy atom. The van der Waals surface area contributed by atoms with Crippen LogP contribution in [0.15, 0.2) is 46.0 Å². The Balaban J connectivity index is 0.00000363. The van der Waals surface area contributed by atoms with E-state index in [2.05, 4.69) is 0 Å². The fourth-order valence-electron chi connectivity index (χ4n) is 3.44. The van der Waals surface area contributed by atoms with Gasteiger partial charge in [0.2, 0.25) is 0 Å². The Kier molecular flexibility index (Phi) is 7.88. The summed E-state index contributed by atoms with van der Waals surface area (Å²) in [5.74, 6) is -1.12. The number of carbonyl (C=O) groups is 1. The van der Waals surface area contributed by atoms with Gasteiger partial charge in [-0.25, -0.2) is 8.42 Å². The fraction of sp³-hybridized carbons (Fsp3) is 0.421. The van der Waals surface area contributed by atoms with Gasteiger partial charge >= 0.3 is 12.1 Å². The Morgan fingerprint density at radius 3 is 2.31 bits per heavy atom. The number of rotatable bonds is 6. The maximum atomic E-state index is 13.1. The van der Waals surface area contributed by atoms with Crippen molar-refractivity contribution in [3.63, 3.8) is 0 Å². The third-order valence-electron chi connectivity index (χ3n) is 5.26. The summed E-state index contributed by atoms with van der Waals surface area (Å²) in [6.07, 6.45) is -5.21. The van der Waals surface area contributed by atoms with E-state index in [4.69, 9.17) is 0 Å². The standard InChI is InChI=1S/C19H21F3N2O5S2.ClH/c1-18(27,19(20,21)22)13-4-6-14(7-5-13)24-9-8-23(12-15(24)11-16(25)26)31(28,29)17-3-2-10-30-17;/h2-7,10,15,27H,8-9,11-12H2,1H3,(H,25,26);1H/t15-,18?;/m0./s1. The van der Waals surface area contributed by atoms with E-state index in [9.17, 15) is 36.6 Å². The van der Waals surface area contributed by atoms with Crippen molar-refractivity contribution in [1.29, 1.82) is 0 Å². The Bertz CT molecular complexity index is 1030. The van der Waals surface area contributed by atoms with Crippen molar-refractivity contribution >= 4 is 45.4 Å². The lowest BCUT2D eigenvalue weighted by Gasteiger charge is -2.41. The van der Waals surface area contributed by atoms with E-state index in [0.717, 1.165) is 23.5 Å². The van der Waals surface area contributed by atoms with Crippen LogP contribution in [-0.4, -0.2) is 60.8 Å². The molecule has 32 heavy (non-hydrogen) atoms. The molecule has 1 fully saturated rings. The Hall–Kier alpha value is -1.86. The normalized spacial score (nSPS) is 19.8. The molecule has 7 nitrogen and oxygen atoms in total. The Morgan fingerprint density at radius 2 is 1.81 bits per heavy atom. The van der Waals surface area contributed by atoms with Crippen LogP contribution in [0, 0.1) is 0 Å². The molecule has 2 atom stereocenters. The highest BCUT2D eigenvalue weighted by Gasteiger charge is 2.51. The fourth-order valence-corrected chi connectivity index (χ4v) is 6.05. The van der Waals surface area contributed by atoms with E-state index >= 15 is 0 Å². The molecule has 1 aliphatic heterocycles. The molecular weight excluding hydrogens is 493 g/mol. The minimum Gasteiger partial charge on any atom is -0.481 e. The third-order valence-corrected chi connectivity index (χ3v) is 8.50. The summed E-state index contributed by atoms with van der Waals surface area (Å²) in [6, 6.07) is 7.38. The lowest BCUT2D eigenvalue weighted by molar-refractivity contribution is -0.258. The van der Waals surface area contributed by atoms with Gasteiger partial charge in [0.25, 0.3) is 10.0 Å². The highest BCUT2D eigenvalue weighted by atomic mass is 35.5. The van der Waals surface area contributed by atoms with Gasteiger partial charge in [0.15, 0.2) is 5.60 Å². The first-order valence-electron chi connectivity index (χ1n) is 9.26. The van der Waals surface area contributed by atoms with E-state index in [0.29, 0.717) is 12.6 Å². The zero-order valence-corrected chi connectivity index (χ0v) is 19.3. The lowest BCUT2D eigenvalue weighted by Crippen LogP contribution is -2.55. The second kappa shape index (κ2) is 9.56. The molecule has 2 aromatic rings. The number of halogens is 4. The first-order chi connectivity index (χ1) is 14.3. The summed E-state index contributed by atoms with van der Waals surface area (Å²) >= 11 is 1.07. The number of aliphatic carboxylic acids is 1. The van der Waals surface area contributed by atoms with Crippen molar-refractivity contribution in [2.45, 2.75) is 35.4 Å². The molecule has 0 amide bonds. The molecular formula is C19H22ClF3N2O5S2. The van der Waals surface area contributed by atoms with Crippen LogP contribution in [0.3, 0.4) is 0 Å². The monoisotopic (exact) mass is 514 g/mol. The second-order valence-electron chi connectivity index (χ2n) is 7.36. The first kappa shape index (κ1) is 26.4. The number of nitrogens with zero attached hydrogens (tertiary/aromatic N) is 2. The maximum Gasteiger partial charge on any atom is 0.421 e. The quantitative estimate of drug-likeness (QED) is 0.614. The van der Waals surface area contributed by atoms with Gasteiger partial charge < -0.3 is 15.1 Å². The summed E-state index contributed by atoms with van der Waals surface area (Å²) in [4.78, 5) is 13.0. The summed E-state index contributed by atoms with van der Waals surface area (Å²) in [5, 5.41) is 20.7. The van der Waals surface area contributed by atoms with Crippen LogP contribution in [0.5, 0.6) is 0 Å². The van der Waals surface area contributed by atoms with Gasteiger partial charge in [0, 0.05) is 25.3 Å². The summed E-state index contributed by atoms with van der Waals surface area (Å²) in [7, 11) is -3.76. The van der Waals surface area contributed by atoms with Crippen LogP contribution in [0.25, 0.3) is 0 Å². The highest BCUT2D eigenvalue weighted by molar-refractivity contribution is 7.91. The molecule has 1 aromatic carbocycles. The largest absolute Gasteiger partial charge is 0.481 e. The van der Waals surface area contributed by atoms with Crippen LogP contribution in [0.2, 0.25) is 0 Å². The van der Waals surface area contributed by atoms with Crippen LogP contribution >= 0.6 is 23.7 Å². The number of benzene rings is 1. The van der Waals surface area contributed by atoms with E-state index < -0.39 is 33.8 Å². The number of alkyl halides is 3. The molecule has 0 aliphatic carbocycles. The average molecular weight is 515 g/mol. The zero-order chi connectivity index (χ0) is 23.0. The van der Waals surface area contributed by atoms with E-state index in [1.54, 1.807) is 16.3 Å². The number of thiophene rings is 1. The van der Waals surface area contributed by atoms with Gasteiger partial charge in [-0.15, -0.1) is 23.7 Å². The number of sulfonamides is 1. The molecule has 3 rings (SSSR count). The molecule has 1 unspecified atom stereocenters. The highest BCUT2D eigenvalue weighted by Crippen LogP contribution is 2.39. The molecule has 1 aliphatic rings. The summed E-state index contributed by atoms with van der Waals surface area (Å²) in [5.41, 5.74) is -2.93. The predicted molar refractivity (Wildman–Crippen MR) is 116 cm³/mol. The van der Waals surface area contributed by atoms with E-state index in [1.807, 2.05) is 0 Å². The molecule has 178 valence electrons. The number of aliphatic hydroxyl groups is 1. The number of carboxylic acid groups (broad SMARTS) is 1. The molecule has 2 heterocycles. The summed E-state index contributed by atoms with van der Waals surface area (Å²) in [6.45, 7) is 0.841. The van der Waals surface area contributed by atoms with Crippen LogP contribution in [-0.2, 0) is 20.4 Å². The number of hydrogen-bond donors (Lipinski definition) is 2. The Labute approximate surface area is 193 Å². The lowest BCUT2D eigenvalue weighted by atomic mass is 9.95. The first-order valence-corrected chi connectivity index (χ1v) is 11.6. The number of anilines is 1. The van der Waals surface area contributed by atoms with E-state index in [-0.39, 0.29) is 48.2 Å². The van der Waals surface area contributed by atoms with Gasteiger partial charge in [-0.1, -0.05) is 18.2 Å². The minimum absolute atomic E-state index is 0. The van der Waals surface area contributed by atoms with Crippen molar-refractivity contribution in [3.8, 4) is 0 Å². The summed E-state index contributed by atoms with van der Waals surface area (Å²) < 4.78 is 66.2. The molecule has 2 N–H and O–H groups in total. The predicted octanol–water partition coefficient (Wildman–Crippen LogP) is 3.29. The van der Waals surface area contributed by atoms with Crippen molar-refractivity contribution in [1.82, 2.24) is 4.31 Å². The van der Waals surface area contributed by atoms with E-state index in [1.165, 1.54) is 22.5 Å². The molecule has 1 aromatic heterocycles. The second-order valence-corrected chi connectivity index (χ2v) is 10.5. The van der Waals surface area contributed by atoms with Gasteiger partial charge in [0.1, 0.15) is 4.21 Å². The van der Waals surface area contributed by atoms with Crippen LogP contribution in [0.1, 0.15) is 18.9 Å². The van der Waals surface area contributed by atoms with Gasteiger partial charge in [0.05, 0.1) is 12.5 Å². The molecule has 0 bridgehead atoms. The smallest absolute Gasteiger partial charge is 0.421 e. The number of piperazine rings is 1. The SMILES string of the molecule is CC(O)(c1ccc(N2CCN(S(=O)(=O)c3cccs3)C[C@@H]2CC(=O)O)cc1)C(F)(F)F.Cl. The third kappa shape index (κ3) is 5.20. The van der Waals surface area contributed by atoms with Crippen molar-refractivity contribution < 1.29 is 36.6 Å².